The van der Waals surface area contributed by atoms with Gasteiger partial charge in [0, 0.05) is 13.1 Å². The average molecular weight is 249 g/mol. The molecule has 1 fully saturated rings. The van der Waals surface area contributed by atoms with Crippen LogP contribution in [-0.2, 0) is 10.2 Å². The number of phenols is 1. The minimum atomic E-state index is -0.0609. The Kier molecular flexibility index (Phi) is 3.64. The van der Waals surface area contributed by atoms with E-state index in [9.17, 15) is 5.11 Å². The van der Waals surface area contributed by atoms with E-state index in [-0.39, 0.29) is 11.5 Å². The topological polar surface area (TPSA) is 41.5 Å². The lowest BCUT2D eigenvalue weighted by atomic mass is 9.83. The molecule has 0 aliphatic carbocycles. The van der Waals surface area contributed by atoms with E-state index in [4.69, 9.17) is 4.74 Å². The summed E-state index contributed by atoms with van der Waals surface area (Å²) in [5, 5.41) is 13.4. The van der Waals surface area contributed by atoms with E-state index in [0.717, 1.165) is 30.8 Å². The van der Waals surface area contributed by atoms with Crippen LogP contribution in [0, 0.1) is 6.92 Å². The molecule has 1 aromatic carbocycles. The average Bonchev–Trinajstić information content (AvgIpc) is 2.28. The summed E-state index contributed by atoms with van der Waals surface area (Å²) in [7, 11) is 0. The molecule has 0 aromatic heterocycles. The van der Waals surface area contributed by atoms with Gasteiger partial charge in [-0.1, -0.05) is 20.8 Å². The Morgan fingerprint density at radius 3 is 2.61 bits per heavy atom. The minimum absolute atomic E-state index is 0.0609. The highest BCUT2D eigenvalue weighted by atomic mass is 16.5. The van der Waals surface area contributed by atoms with Gasteiger partial charge in [0.05, 0.1) is 12.7 Å². The summed E-state index contributed by atoms with van der Waals surface area (Å²) in [5.41, 5.74) is 3.20. The first-order valence-corrected chi connectivity index (χ1v) is 6.56. The lowest BCUT2D eigenvalue weighted by molar-refractivity contribution is 0.0272. The molecule has 3 nitrogen and oxygen atoms in total. The molecule has 3 heteroatoms. The minimum Gasteiger partial charge on any atom is -0.508 e. The van der Waals surface area contributed by atoms with Gasteiger partial charge in [0.25, 0.3) is 0 Å². The molecule has 0 amide bonds. The highest BCUT2D eigenvalue weighted by Crippen LogP contribution is 2.35. The van der Waals surface area contributed by atoms with E-state index in [0.29, 0.717) is 5.75 Å². The van der Waals surface area contributed by atoms with Crippen molar-refractivity contribution in [2.24, 2.45) is 0 Å². The Morgan fingerprint density at radius 2 is 2.06 bits per heavy atom. The summed E-state index contributed by atoms with van der Waals surface area (Å²) in [4.78, 5) is 0. The van der Waals surface area contributed by atoms with Crippen LogP contribution in [0.4, 0.5) is 0 Å². The van der Waals surface area contributed by atoms with Crippen LogP contribution in [0.1, 0.15) is 43.6 Å². The normalized spacial score (nSPS) is 21.0. The highest BCUT2D eigenvalue weighted by molar-refractivity contribution is 5.45. The molecule has 1 aromatic rings. The number of morpholine rings is 1. The van der Waals surface area contributed by atoms with Gasteiger partial charge in [-0.3, -0.25) is 0 Å². The van der Waals surface area contributed by atoms with Crippen molar-refractivity contribution in [2.75, 3.05) is 19.7 Å². The Labute approximate surface area is 109 Å². The van der Waals surface area contributed by atoms with Crippen LogP contribution in [0.3, 0.4) is 0 Å². The predicted octanol–water partition coefficient (Wildman–Crippen LogP) is 2.66. The van der Waals surface area contributed by atoms with Crippen LogP contribution in [0.5, 0.6) is 5.75 Å². The standard InChI is InChI=1S/C15H23NO2/c1-10-7-13(17)12(15(2,3)4)8-11(10)14-9-16-5-6-18-14/h7-8,14,16-17H,5-6,9H2,1-4H3. The second kappa shape index (κ2) is 4.90. The third kappa shape index (κ3) is 2.68. The molecule has 18 heavy (non-hydrogen) atoms. The van der Waals surface area contributed by atoms with Crippen molar-refractivity contribution in [1.82, 2.24) is 5.32 Å². The van der Waals surface area contributed by atoms with E-state index in [1.54, 1.807) is 0 Å². The van der Waals surface area contributed by atoms with Crippen LogP contribution in [0.2, 0.25) is 0 Å². The molecule has 1 unspecified atom stereocenters. The zero-order valence-corrected chi connectivity index (χ0v) is 11.7. The fraction of sp³-hybridized carbons (Fsp3) is 0.600. The van der Waals surface area contributed by atoms with E-state index < -0.39 is 0 Å². The molecule has 1 aliphatic rings. The molecule has 2 N–H and O–H groups in total. The molecular weight excluding hydrogens is 226 g/mol. The van der Waals surface area contributed by atoms with Crippen molar-refractivity contribution in [3.63, 3.8) is 0 Å². The van der Waals surface area contributed by atoms with E-state index >= 15 is 0 Å². The van der Waals surface area contributed by atoms with Gasteiger partial charge in [-0.15, -0.1) is 0 Å². The lowest BCUT2D eigenvalue weighted by Gasteiger charge is -2.28. The van der Waals surface area contributed by atoms with Gasteiger partial charge in [0.1, 0.15) is 5.75 Å². The number of aryl methyl sites for hydroxylation is 1. The third-order valence-corrected chi connectivity index (χ3v) is 3.47. The highest BCUT2D eigenvalue weighted by Gasteiger charge is 2.23. The number of hydrogen-bond donors (Lipinski definition) is 2. The van der Waals surface area contributed by atoms with Crippen molar-refractivity contribution >= 4 is 0 Å². The van der Waals surface area contributed by atoms with Crippen molar-refractivity contribution in [1.29, 1.82) is 0 Å². The molecule has 2 rings (SSSR count). The summed E-state index contributed by atoms with van der Waals surface area (Å²) in [6.45, 7) is 10.9. The molecule has 0 radical (unpaired) electrons. The summed E-state index contributed by atoms with van der Waals surface area (Å²) in [5.74, 6) is 0.382. The largest absolute Gasteiger partial charge is 0.508 e. The fourth-order valence-corrected chi connectivity index (χ4v) is 2.42. The first-order valence-electron chi connectivity index (χ1n) is 6.56. The number of ether oxygens (including phenoxy) is 1. The SMILES string of the molecule is Cc1cc(O)c(C(C)(C)C)cc1C1CNCCO1. The van der Waals surface area contributed by atoms with E-state index in [1.807, 2.05) is 13.0 Å². The van der Waals surface area contributed by atoms with Gasteiger partial charge in [0.15, 0.2) is 0 Å². The van der Waals surface area contributed by atoms with E-state index in [1.165, 1.54) is 5.56 Å². The fourth-order valence-electron chi connectivity index (χ4n) is 2.42. The molecular formula is C15H23NO2. The third-order valence-electron chi connectivity index (χ3n) is 3.47. The second-order valence-corrected chi connectivity index (χ2v) is 6.04. The quantitative estimate of drug-likeness (QED) is 0.804. The van der Waals surface area contributed by atoms with Gasteiger partial charge in [-0.05, 0) is 41.2 Å². The number of rotatable bonds is 1. The van der Waals surface area contributed by atoms with Crippen molar-refractivity contribution in [3.8, 4) is 5.75 Å². The van der Waals surface area contributed by atoms with Crippen LogP contribution >= 0.6 is 0 Å². The number of nitrogens with one attached hydrogen (secondary N) is 1. The number of hydrogen-bond acceptors (Lipinski definition) is 3. The molecule has 1 saturated heterocycles. The molecule has 100 valence electrons. The lowest BCUT2D eigenvalue weighted by Crippen LogP contribution is -2.33. The monoisotopic (exact) mass is 249 g/mol. The maximum Gasteiger partial charge on any atom is 0.119 e. The second-order valence-electron chi connectivity index (χ2n) is 6.04. The van der Waals surface area contributed by atoms with Crippen LogP contribution in [0.25, 0.3) is 0 Å². The molecule has 0 saturated carbocycles. The Balaban J connectivity index is 2.41. The van der Waals surface area contributed by atoms with Gasteiger partial charge in [-0.2, -0.15) is 0 Å². The smallest absolute Gasteiger partial charge is 0.119 e. The number of phenolic OH excluding ortho intramolecular Hbond substituents is 1. The Morgan fingerprint density at radius 1 is 1.33 bits per heavy atom. The maximum absolute atomic E-state index is 10.1. The van der Waals surface area contributed by atoms with Crippen molar-refractivity contribution < 1.29 is 9.84 Å². The summed E-state index contributed by atoms with van der Waals surface area (Å²) >= 11 is 0. The van der Waals surface area contributed by atoms with Gasteiger partial charge in [0.2, 0.25) is 0 Å². The zero-order valence-electron chi connectivity index (χ0n) is 11.7. The summed E-state index contributed by atoms with van der Waals surface area (Å²) in [6, 6.07) is 3.95. The molecule has 0 spiro atoms. The number of aromatic hydroxyl groups is 1. The van der Waals surface area contributed by atoms with Gasteiger partial charge in [-0.25, -0.2) is 0 Å². The molecule has 1 aliphatic heterocycles. The summed E-state index contributed by atoms with van der Waals surface area (Å²) in [6.07, 6.45) is 0.0976. The van der Waals surface area contributed by atoms with Gasteiger partial charge >= 0.3 is 0 Å². The van der Waals surface area contributed by atoms with Crippen LogP contribution < -0.4 is 5.32 Å². The predicted molar refractivity (Wildman–Crippen MR) is 73.1 cm³/mol. The van der Waals surface area contributed by atoms with Crippen LogP contribution in [0.15, 0.2) is 12.1 Å². The van der Waals surface area contributed by atoms with Gasteiger partial charge < -0.3 is 15.2 Å². The first kappa shape index (κ1) is 13.4. The number of benzene rings is 1. The van der Waals surface area contributed by atoms with Crippen molar-refractivity contribution in [3.05, 3.63) is 28.8 Å². The summed E-state index contributed by atoms with van der Waals surface area (Å²) < 4.78 is 5.81. The molecule has 1 heterocycles. The molecule has 0 bridgehead atoms. The maximum atomic E-state index is 10.1. The Bertz CT molecular complexity index is 429. The Hall–Kier alpha value is -1.06. The van der Waals surface area contributed by atoms with Crippen molar-refractivity contribution in [2.45, 2.75) is 39.2 Å². The van der Waals surface area contributed by atoms with E-state index in [2.05, 4.69) is 32.2 Å². The zero-order chi connectivity index (χ0) is 13.3. The van der Waals surface area contributed by atoms with Crippen LogP contribution in [-0.4, -0.2) is 24.8 Å². The molecule has 1 atom stereocenters. The first-order chi connectivity index (χ1) is 8.39.